The van der Waals surface area contributed by atoms with Crippen molar-refractivity contribution in [3.63, 3.8) is 0 Å². The molecule has 0 bridgehead atoms. The first-order valence-electron chi connectivity index (χ1n) is 6.11. The van der Waals surface area contributed by atoms with Crippen LogP contribution in [0, 0.1) is 0 Å². The number of piperidine rings is 1. The van der Waals surface area contributed by atoms with Crippen LogP contribution in [-0.4, -0.2) is 27.9 Å². The minimum Gasteiger partial charge on any atom is -0.317 e. The Kier molecular flexibility index (Phi) is 2.88. The second-order valence-electron chi connectivity index (χ2n) is 4.39. The van der Waals surface area contributed by atoms with Crippen molar-refractivity contribution in [3.05, 3.63) is 42.5 Å². The third kappa shape index (κ3) is 2.08. The Morgan fingerprint density at radius 2 is 1.88 bits per heavy atom. The number of hydrogen-bond donors (Lipinski definition) is 1. The lowest BCUT2D eigenvalue weighted by atomic mass is 9.97. The van der Waals surface area contributed by atoms with Crippen LogP contribution < -0.4 is 5.32 Å². The van der Waals surface area contributed by atoms with E-state index in [-0.39, 0.29) is 0 Å². The van der Waals surface area contributed by atoms with E-state index in [2.05, 4.69) is 27.5 Å². The molecular weight excluding hydrogens is 212 g/mol. The molecule has 2 aromatic rings. The van der Waals surface area contributed by atoms with Gasteiger partial charge in [0.2, 0.25) is 0 Å². The zero-order chi connectivity index (χ0) is 11.5. The highest BCUT2D eigenvalue weighted by Gasteiger charge is 2.20. The maximum atomic E-state index is 4.44. The van der Waals surface area contributed by atoms with E-state index >= 15 is 0 Å². The SMILES string of the molecule is c1ccc(-n2ncnc2C2CCNCC2)cc1. The second-order valence-corrected chi connectivity index (χ2v) is 4.39. The summed E-state index contributed by atoms with van der Waals surface area (Å²) in [5.74, 6) is 1.62. The summed E-state index contributed by atoms with van der Waals surface area (Å²) in [6.07, 6.45) is 3.95. The Morgan fingerprint density at radius 1 is 1.12 bits per heavy atom. The molecule has 1 aliphatic heterocycles. The van der Waals surface area contributed by atoms with Crippen molar-refractivity contribution >= 4 is 0 Å². The second kappa shape index (κ2) is 4.67. The van der Waals surface area contributed by atoms with Crippen LogP contribution in [0.5, 0.6) is 0 Å². The molecule has 0 unspecified atom stereocenters. The summed E-state index contributed by atoms with van der Waals surface area (Å²) in [5.41, 5.74) is 1.10. The number of benzene rings is 1. The third-order valence-corrected chi connectivity index (χ3v) is 3.28. The highest BCUT2D eigenvalue weighted by Crippen LogP contribution is 2.24. The highest BCUT2D eigenvalue weighted by molar-refractivity contribution is 5.31. The number of nitrogens with one attached hydrogen (secondary N) is 1. The third-order valence-electron chi connectivity index (χ3n) is 3.28. The van der Waals surface area contributed by atoms with Crippen LogP contribution in [-0.2, 0) is 0 Å². The Morgan fingerprint density at radius 3 is 2.65 bits per heavy atom. The fourth-order valence-electron chi connectivity index (χ4n) is 2.38. The van der Waals surface area contributed by atoms with E-state index in [9.17, 15) is 0 Å². The van der Waals surface area contributed by atoms with E-state index in [0.717, 1.165) is 37.4 Å². The van der Waals surface area contributed by atoms with Gasteiger partial charge in [0.15, 0.2) is 0 Å². The minimum absolute atomic E-state index is 0.527. The Balaban J connectivity index is 1.93. The first-order valence-corrected chi connectivity index (χ1v) is 6.11. The molecule has 1 aromatic heterocycles. The van der Waals surface area contributed by atoms with Crippen molar-refractivity contribution in [2.24, 2.45) is 0 Å². The summed E-state index contributed by atoms with van der Waals surface area (Å²) in [6.45, 7) is 2.15. The number of nitrogens with zero attached hydrogens (tertiary/aromatic N) is 3. The Bertz CT molecular complexity index is 471. The van der Waals surface area contributed by atoms with Gasteiger partial charge < -0.3 is 5.32 Å². The molecular formula is C13H16N4. The van der Waals surface area contributed by atoms with Gasteiger partial charge >= 0.3 is 0 Å². The van der Waals surface area contributed by atoms with Crippen LogP contribution in [0.3, 0.4) is 0 Å². The van der Waals surface area contributed by atoms with Gasteiger partial charge in [-0.05, 0) is 38.1 Å². The molecule has 4 nitrogen and oxygen atoms in total. The molecule has 0 saturated carbocycles. The largest absolute Gasteiger partial charge is 0.317 e. The van der Waals surface area contributed by atoms with Crippen LogP contribution in [0.2, 0.25) is 0 Å². The molecule has 1 aliphatic rings. The van der Waals surface area contributed by atoms with Gasteiger partial charge in [0, 0.05) is 5.92 Å². The summed E-state index contributed by atoms with van der Waals surface area (Å²) in [5, 5.41) is 7.73. The van der Waals surface area contributed by atoms with Crippen molar-refractivity contribution in [2.45, 2.75) is 18.8 Å². The summed E-state index contributed by atoms with van der Waals surface area (Å²) < 4.78 is 1.97. The van der Waals surface area contributed by atoms with E-state index in [1.807, 2.05) is 22.9 Å². The Hall–Kier alpha value is -1.68. The topological polar surface area (TPSA) is 42.7 Å². The van der Waals surface area contributed by atoms with E-state index < -0.39 is 0 Å². The molecule has 3 rings (SSSR count). The molecule has 1 aromatic carbocycles. The monoisotopic (exact) mass is 228 g/mol. The van der Waals surface area contributed by atoms with Crippen LogP contribution >= 0.6 is 0 Å². The fraction of sp³-hybridized carbons (Fsp3) is 0.385. The lowest BCUT2D eigenvalue weighted by molar-refractivity contribution is 0.438. The van der Waals surface area contributed by atoms with Crippen molar-refractivity contribution in [1.82, 2.24) is 20.1 Å². The highest BCUT2D eigenvalue weighted by atomic mass is 15.3. The molecule has 0 aliphatic carbocycles. The van der Waals surface area contributed by atoms with Gasteiger partial charge in [0.25, 0.3) is 0 Å². The molecule has 17 heavy (non-hydrogen) atoms. The van der Waals surface area contributed by atoms with Crippen LogP contribution in [0.15, 0.2) is 36.7 Å². The van der Waals surface area contributed by atoms with Gasteiger partial charge in [-0.15, -0.1) is 0 Å². The summed E-state index contributed by atoms with van der Waals surface area (Å²) >= 11 is 0. The van der Waals surface area contributed by atoms with E-state index in [0.29, 0.717) is 5.92 Å². The quantitative estimate of drug-likeness (QED) is 0.851. The molecule has 88 valence electrons. The van der Waals surface area contributed by atoms with Gasteiger partial charge in [-0.3, -0.25) is 0 Å². The number of rotatable bonds is 2. The molecule has 1 fully saturated rings. The molecule has 0 atom stereocenters. The zero-order valence-electron chi connectivity index (χ0n) is 9.71. The van der Waals surface area contributed by atoms with Crippen LogP contribution in [0.25, 0.3) is 5.69 Å². The number of hydrogen-bond acceptors (Lipinski definition) is 3. The summed E-state index contributed by atoms with van der Waals surface area (Å²) in [6, 6.07) is 10.2. The van der Waals surface area contributed by atoms with Gasteiger partial charge in [0.1, 0.15) is 12.2 Å². The fourth-order valence-corrected chi connectivity index (χ4v) is 2.38. The van der Waals surface area contributed by atoms with Gasteiger partial charge in [-0.1, -0.05) is 18.2 Å². The van der Waals surface area contributed by atoms with E-state index in [4.69, 9.17) is 0 Å². The maximum Gasteiger partial charge on any atom is 0.138 e. The standard InChI is InChI=1S/C13H16N4/c1-2-4-12(5-3-1)17-13(15-10-16-17)11-6-8-14-9-7-11/h1-5,10-11,14H,6-9H2. The van der Waals surface area contributed by atoms with E-state index in [1.54, 1.807) is 6.33 Å². The molecule has 1 N–H and O–H groups in total. The summed E-state index contributed by atoms with van der Waals surface area (Å²) in [4.78, 5) is 4.44. The smallest absolute Gasteiger partial charge is 0.138 e. The first-order chi connectivity index (χ1) is 8.45. The molecule has 0 amide bonds. The minimum atomic E-state index is 0.527. The van der Waals surface area contributed by atoms with Crippen molar-refractivity contribution in [1.29, 1.82) is 0 Å². The lowest BCUT2D eigenvalue weighted by Gasteiger charge is -2.22. The maximum absolute atomic E-state index is 4.44. The molecule has 1 saturated heterocycles. The van der Waals surface area contributed by atoms with Crippen LogP contribution in [0.1, 0.15) is 24.6 Å². The normalized spacial score (nSPS) is 17.2. The van der Waals surface area contributed by atoms with Crippen molar-refractivity contribution < 1.29 is 0 Å². The lowest BCUT2D eigenvalue weighted by Crippen LogP contribution is -2.28. The first kappa shape index (κ1) is 10.5. The molecule has 0 radical (unpaired) electrons. The predicted octanol–water partition coefficient (Wildman–Crippen LogP) is 1.73. The zero-order valence-corrected chi connectivity index (χ0v) is 9.71. The molecule has 4 heteroatoms. The van der Waals surface area contributed by atoms with Gasteiger partial charge in [-0.2, -0.15) is 5.10 Å². The van der Waals surface area contributed by atoms with Crippen molar-refractivity contribution in [2.75, 3.05) is 13.1 Å². The predicted molar refractivity (Wildman–Crippen MR) is 66.2 cm³/mol. The molecule has 2 heterocycles. The Labute approximate surface area is 101 Å². The molecule has 0 spiro atoms. The number of aromatic nitrogens is 3. The number of para-hydroxylation sites is 1. The average Bonchev–Trinajstić information content (AvgIpc) is 2.90. The van der Waals surface area contributed by atoms with E-state index in [1.165, 1.54) is 0 Å². The summed E-state index contributed by atoms with van der Waals surface area (Å²) in [7, 11) is 0. The van der Waals surface area contributed by atoms with Gasteiger partial charge in [-0.25, -0.2) is 9.67 Å². The van der Waals surface area contributed by atoms with Gasteiger partial charge in [0.05, 0.1) is 5.69 Å². The van der Waals surface area contributed by atoms with Crippen molar-refractivity contribution in [3.8, 4) is 5.69 Å². The van der Waals surface area contributed by atoms with Crippen LogP contribution in [0.4, 0.5) is 0 Å². The average molecular weight is 228 g/mol.